The first-order valence-corrected chi connectivity index (χ1v) is 7.38. The van der Waals surface area contributed by atoms with E-state index in [1.165, 1.54) is 18.2 Å². The Labute approximate surface area is 129 Å². The van der Waals surface area contributed by atoms with E-state index >= 15 is 0 Å². The number of aromatic hydroxyl groups is 1. The Hall–Kier alpha value is -2.50. The molecule has 6 heteroatoms. The number of phenolic OH excluding ortho intramolecular Hbond substituents is 1. The van der Waals surface area contributed by atoms with Crippen LogP contribution in [0.5, 0.6) is 5.75 Å². The van der Waals surface area contributed by atoms with E-state index in [0.717, 1.165) is 19.4 Å². The number of hydrogen-bond donors (Lipinski definition) is 3. The highest BCUT2D eigenvalue weighted by atomic mass is 16.3. The Balaban J connectivity index is 1.72. The largest absolute Gasteiger partial charge is 0.508 e. The molecule has 6 nitrogen and oxygen atoms in total. The van der Waals surface area contributed by atoms with Gasteiger partial charge in [-0.25, -0.2) is 0 Å². The van der Waals surface area contributed by atoms with Crippen molar-refractivity contribution in [2.24, 2.45) is 0 Å². The predicted molar refractivity (Wildman–Crippen MR) is 85.0 cm³/mol. The number of amides is 2. The monoisotopic (exact) mass is 303 g/mol. The lowest BCUT2D eigenvalue weighted by Gasteiger charge is -2.14. The van der Waals surface area contributed by atoms with E-state index in [2.05, 4.69) is 5.32 Å². The average Bonchev–Trinajstić information content (AvgIpc) is 2.90. The van der Waals surface area contributed by atoms with Crippen molar-refractivity contribution in [1.82, 2.24) is 10.2 Å². The number of benzene rings is 1. The molecule has 0 radical (unpaired) electrons. The number of carbonyl (C=O) groups excluding carboxylic acids is 2. The van der Waals surface area contributed by atoms with Crippen molar-refractivity contribution in [3.8, 4) is 5.75 Å². The molecule has 1 heterocycles. The first-order valence-electron chi connectivity index (χ1n) is 7.38. The zero-order valence-corrected chi connectivity index (χ0v) is 12.4. The molecule has 0 aliphatic carbocycles. The third-order valence-corrected chi connectivity index (χ3v) is 3.56. The van der Waals surface area contributed by atoms with Crippen molar-refractivity contribution < 1.29 is 14.7 Å². The maximum atomic E-state index is 11.7. The molecule has 1 fully saturated rings. The van der Waals surface area contributed by atoms with E-state index in [1.54, 1.807) is 12.1 Å². The molecule has 0 aromatic heterocycles. The highest BCUT2D eigenvalue weighted by Gasteiger charge is 2.18. The second-order valence-electron chi connectivity index (χ2n) is 5.28. The van der Waals surface area contributed by atoms with Crippen molar-refractivity contribution in [2.45, 2.75) is 19.3 Å². The van der Waals surface area contributed by atoms with Gasteiger partial charge in [-0.1, -0.05) is 0 Å². The van der Waals surface area contributed by atoms with Gasteiger partial charge in [0, 0.05) is 43.4 Å². The van der Waals surface area contributed by atoms with Gasteiger partial charge in [0.1, 0.15) is 5.75 Å². The maximum Gasteiger partial charge on any atom is 0.244 e. The molecule has 0 bridgehead atoms. The molecule has 1 aromatic rings. The third kappa shape index (κ3) is 4.51. The van der Waals surface area contributed by atoms with Gasteiger partial charge in [-0.2, -0.15) is 0 Å². The lowest BCUT2D eigenvalue weighted by molar-refractivity contribution is -0.127. The SMILES string of the molecule is Nc1ccc(O)cc1/C=C/C(=O)NCCCN1CCCC1=O. The number of rotatable bonds is 6. The first-order chi connectivity index (χ1) is 10.6. The molecule has 1 aliphatic rings. The van der Waals surface area contributed by atoms with Gasteiger partial charge in [0.25, 0.3) is 0 Å². The zero-order valence-electron chi connectivity index (χ0n) is 12.4. The smallest absolute Gasteiger partial charge is 0.244 e. The molecular formula is C16H21N3O3. The van der Waals surface area contributed by atoms with Crippen LogP contribution in [0.4, 0.5) is 5.69 Å². The topological polar surface area (TPSA) is 95.7 Å². The number of phenols is 1. The quantitative estimate of drug-likeness (QED) is 0.317. The number of anilines is 1. The molecule has 118 valence electrons. The van der Waals surface area contributed by atoms with E-state index < -0.39 is 0 Å². The normalized spacial score (nSPS) is 14.7. The molecule has 2 rings (SSSR count). The Kier molecular flexibility index (Phi) is 5.41. The van der Waals surface area contributed by atoms with E-state index in [9.17, 15) is 14.7 Å². The van der Waals surface area contributed by atoms with E-state index in [-0.39, 0.29) is 17.6 Å². The molecule has 4 N–H and O–H groups in total. The van der Waals surface area contributed by atoms with Crippen LogP contribution in [0.25, 0.3) is 6.08 Å². The molecular weight excluding hydrogens is 282 g/mol. The number of carbonyl (C=O) groups is 2. The van der Waals surface area contributed by atoms with Crippen LogP contribution in [0.2, 0.25) is 0 Å². The summed E-state index contributed by atoms with van der Waals surface area (Å²) < 4.78 is 0. The fourth-order valence-electron chi connectivity index (χ4n) is 2.35. The van der Waals surface area contributed by atoms with Gasteiger partial charge in [0.15, 0.2) is 0 Å². The van der Waals surface area contributed by atoms with Crippen LogP contribution in [-0.4, -0.2) is 41.5 Å². The van der Waals surface area contributed by atoms with Gasteiger partial charge in [0.05, 0.1) is 0 Å². The fraction of sp³-hybridized carbons (Fsp3) is 0.375. The minimum atomic E-state index is -0.226. The molecule has 0 spiro atoms. The molecule has 1 aliphatic heterocycles. The summed E-state index contributed by atoms with van der Waals surface area (Å²) in [4.78, 5) is 24.9. The average molecular weight is 303 g/mol. The van der Waals surface area contributed by atoms with Crippen LogP contribution in [0.3, 0.4) is 0 Å². The summed E-state index contributed by atoms with van der Waals surface area (Å²) in [7, 11) is 0. The van der Waals surface area contributed by atoms with Crippen LogP contribution in [0.15, 0.2) is 24.3 Å². The third-order valence-electron chi connectivity index (χ3n) is 3.56. The second-order valence-corrected chi connectivity index (χ2v) is 5.28. The number of hydrogen-bond acceptors (Lipinski definition) is 4. The van der Waals surface area contributed by atoms with Gasteiger partial charge in [-0.05, 0) is 37.1 Å². The van der Waals surface area contributed by atoms with Crippen molar-refractivity contribution in [2.75, 3.05) is 25.4 Å². The first kappa shape index (κ1) is 15.9. The Morgan fingerprint density at radius 1 is 1.45 bits per heavy atom. The second kappa shape index (κ2) is 7.49. The minimum Gasteiger partial charge on any atom is -0.508 e. The lowest BCUT2D eigenvalue weighted by Crippen LogP contribution is -2.29. The Bertz CT molecular complexity index is 584. The number of likely N-dealkylation sites (tertiary alicyclic amines) is 1. The van der Waals surface area contributed by atoms with Crippen molar-refractivity contribution in [3.05, 3.63) is 29.8 Å². The highest BCUT2D eigenvalue weighted by molar-refractivity contribution is 5.92. The standard InChI is InChI=1S/C16H21N3O3/c17-14-6-5-13(20)11-12(14)4-7-15(21)18-8-2-10-19-9-1-3-16(19)22/h4-7,11,20H,1-3,8-10,17H2,(H,18,21)/b7-4+. The summed E-state index contributed by atoms with van der Waals surface area (Å²) in [6, 6.07) is 4.57. The van der Waals surface area contributed by atoms with Gasteiger partial charge >= 0.3 is 0 Å². The summed E-state index contributed by atoms with van der Waals surface area (Å²) in [5.74, 6) is 0.0746. The molecule has 0 atom stereocenters. The van der Waals surface area contributed by atoms with Gasteiger partial charge in [-0.15, -0.1) is 0 Å². The number of nitrogen functional groups attached to an aromatic ring is 1. The zero-order chi connectivity index (χ0) is 15.9. The van der Waals surface area contributed by atoms with Crippen LogP contribution in [0, 0.1) is 0 Å². The summed E-state index contributed by atoms with van der Waals surface area (Å²) in [5, 5.41) is 12.1. The Morgan fingerprint density at radius 3 is 3.00 bits per heavy atom. The molecule has 0 saturated carbocycles. The number of nitrogens with two attached hydrogens (primary N) is 1. The molecule has 2 amide bonds. The van der Waals surface area contributed by atoms with E-state index in [1.807, 2.05) is 4.90 Å². The summed E-state index contributed by atoms with van der Waals surface area (Å²) in [6.07, 6.45) is 5.25. The minimum absolute atomic E-state index is 0.101. The maximum absolute atomic E-state index is 11.7. The van der Waals surface area contributed by atoms with Crippen molar-refractivity contribution in [1.29, 1.82) is 0 Å². The highest BCUT2D eigenvalue weighted by Crippen LogP contribution is 2.19. The summed E-state index contributed by atoms with van der Waals surface area (Å²) in [6.45, 7) is 2.02. The molecule has 0 unspecified atom stereocenters. The summed E-state index contributed by atoms with van der Waals surface area (Å²) in [5.41, 5.74) is 6.84. The van der Waals surface area contributed by atoms with Gasteiger partial charge in [0.2, 0.25) is 11.8 Å². The van der Waals surface area contributed by atoms with E-state index in [0.29, 0.717) is 30.8 Å². The fourth-order valence-corrected chi connectivity index (χ4v) is 2.35. The molecule has 1 aromatic carbocycles. The van der Waals surface area contributed by atoms with Crippen LogP contribution < -0.4 is 11.1 Å². The predicted octanol–water partition coefficient (Wildman–Crippen LogP) is 1.12. The molecule has 22 heavy (non-hydrogen) atoms. The van der Waals surface area contributed by atoms with Gasteiger partial charge in [-0.3, -0.25) is 9.59 Å². The lowest BCUT2D eigenvalue weighted by atomic mass is 10.1. The Morgan fingerprint density at radius 2 is 2.27 bits per heavy atom. The summed E-state index contributed by atoms with van der Waals surface area (Å²) >= 11 is 0. The number of nitrogens with one attached hydrogen (secondary N) is 1. The van der Waals surface area contributed by atoms with Crippen LogP contribution in [0.1, 0.15) is 24.8 Å². The number of nitrogens with zero attached hydrogens (tertiary/aromatic N) is 1. The van der Waals surface area contributed by atoms with Crippen molar-refractivity contribution in [3.63, 3.8) is 0 Å². The van der Waals surface area contributed by atoms with Crippen LogP contribution in [-0.2, 0) is 9.59 Å². The van der Waals surface area contributed by atoms with E-state index in [4.69, 9.17) is 5.73 Å². The van der Waals surface area contributed by atoms with Crippen molar-refractivity contribution >= 4 is 23.6 Å². The van der Waals surface area contributed by atoms with Gasteiger partial charge < -0.3 is 21.1 Å². The van der Waals surface area contributed by atoms with Crippen LogP contribution >= 0.6 is 0 Å². The molecule has 1 saturated heterocycles.